The number of carbonyl (C=O) groups excluding carboxylic acids is 1. The molecule has 50 heavy (non-hydrogen) atoms. The Morgan fingerprint density at radius 2 is 1.42 bits per heavy atom. The summed E-state index contributed by atoms with van der Waals surface area (Å²) in [4.78, 5) is 25.6. The molecule has 0 aliphatic carbocycles. The van der Waals surface area contributed by atoms with Crippen LogP contribution in [-0.4, -0.2) is 30.6 Å². The van der Waals surface area contributed by atoms with Gasteiger partial charge in [-0.15, -0.1) is 0 Å². The Labute approximate surface area is 288 Å². The Bertz CT molecular complexity index is 2330. The van der Waals surface area contributed by atoms with Crippen molar-refractivity contribution in [2.24, 2.45) is 0 Å². The fourth-order valence-corrected chi connectivity index (χ4v) is 6.92. The van der Waals surface area contributed by atoms with E-state index in [9.17, 15) is 9.18 Å². The van der Waals surface area contributed by atoms with Crippen molar-refractivity contribution in [3.05, 3.63) is 186 Å². The summed E-state index contributed by atoms with van der Waals surface area (Å²) in [5.41, 5.74) is 7.43. The molecular weight excluding hydrogens is 624 g/mol. The zero-order valence-corrected chi connectivity index (χ0v) is 27.3. The molecule has 0 radical (unpaired) electrons. The van der Waals surface area contributed by atoms with Crippen LogP contribution < -0.4 is 5.32 Å². The molecular formula is C42H33FN6O. The van der Waals surface area contributed by atoms with Gasteiger partial charge >= 0.3 is 0 Å². The van der Waals surface area contributed by atoms with E-state index in [-0.39, 0.29) is 17.5 Å². The van der Waals surface area contributed by atoms with Crippen LogP contribution in [0.3, 0.4) is 0 Å². The molecule has 8 rings (SSSR count). The molecule has 0 aliphatic heterocycles. The summed E-state index contributed by atoms with van der Waals surface area (Å²) in [5.74, 6) is -0.559. The number of benzene rings is 5. The van der Waals surface area contributed by atoms with Crippen molar-refractivity contribution in [2.75, 3.05) is 0 Å². The number of H-pyrrole nitrogens is 1. The molecule has 1 atom stereocenters. The van der Waals surface area contributed by atoms with Crippen LogP contribution in [0.1, 0.15) is 45.8 Å². The van der Waals surface area contributed by atoms with Crippen LogP contribution >= 0.6 is 0 Å². The number of aromatic nitrogens is 5. The smallest absolute Gasteiger partial charge is 0.287 e. The fraction of sp³-hybridized carbons (Fsp3) is 0.0952. The maximum atomic E-state index is 13.9. The maximum absolute atomic E-state index is 13.9. The summed E-state index contributed by atoms with van der Waals surface area (Å²) in [6.07, 6.45) is 3.52. The van der Waals surface area contributed by atoms with Gasteiger partial charge in [0.05, 0.1) is 34.6 Å². The lowest BCUT2D eigenvalue weighted by Gasteiger charge is -2.36. The highest BCUT2D eigenvalue weighted by atomic mass is 19.1. The van der Waals surface area contributed by atoms with E-state index in [4.69, 9.17) is 10.1 Å². The third kappa shape index (κ3) is 5.60. The highest BCUT2D eigenvalue weighted by Gasteiger charge is 2.38. The monoisotopic (exact) mass is 656 g/mol. The van der Waals surface area contributed by atoms with Crippen molar-refractivity contribution < 1.29 is 9.18 Å². The van der Waals surface area contributed by atoms with Gasteiger partial charge in [0.15, 0.2) is 5.82 Å². The summed E-state index contributed by atoms with van der Waals surface area (Å²) >= 11 is 0. The Hall–Kier alpha value is -6.41. The van der Waals surface area contributed by atoms with Gasteiger partial charge in [-0.2, -0.15) is 5.10 Å². The van der Waals surface area contributed by atoms with Crippen LogP contribution in [-0.2, 0) is 12.0 Å². The van der Waals surface area contributed by atoms with E-state index in [2.05, 4.69) is 92.8 Å². The average molecular weight is 657 g/mol. The van der Waals surface area contributed by atoms with E-state index in [0.717, 1.165) is 38.9 Å². The van der Waals surface area contributed by atoms with Gasteiger partial charge in [0.1, 0.15) is 11.5 Å². The van der Waals surface area contributed by atoms with Gasteiger partial charge in [-0.3, -0.25) is 14.5 Å². The van der Waals surface area contributed by atoms with Crippen LogP contribution in [0.2, 0.25) is 0 Å². The number of fused-ring (bicyclic) bond motifs is 2. The zero-order chi connectivity index (χ0) is 34.1. The number of aromatic amines is 1. The third-order valence-electron chi connectivity index (χ3n) is 9.41. The second-order valence-corrected chi connectivity index (χ2v) is 12.5. The summed E-state index contributed by atoms with van der Waals surface area (Å²) in [6.45, 7) is 2.31. The molecule has 3 heterocycles. The van der Waals surface area contributed by atoms with Crippen LogP contribution in [0.5, 0.6) is 0 Å². The number of imidazole rings is 1. The molecule has 0 bridgehead atoms. The molecule has 2 N–H and O–H groups in total. The molecule has 0 saturated heterocycles. The predicted octanol–water partition coefficient (Wildman–Crippen LogP) is 8.64. The number of carbonyl (C=O) groups is 1. The first kappa shape index (κ1) is 30.9. The highest BCUT2D eigenvalue weighted by molar-refractivity contribution is 6.03. The Morgan fingerprint density at radius 1 is 0.800 bits per heavy atom. The van der Waals surface area contributed by atoms with Crippen molar-refractivity contribution >= 4 is 27.8 Å². The Balaban J connectivity index is 1.29. The van der Waals surface area contributed by atoms with Crippen LogP contribution in [0.4, 0.5) is 4.39 Å². The standard InChI is InChI=1S/C42H33FN6O/c1-28(30-12-11-19-34(43)24-30)45-41(50)40-46-36-25-35-38(26-37(36)47-40)49(48-39(35)29-20-22-44-23-21-29)27-42(31-13-5-2-6-14-31,32-15-7-3-8-16-32)33-17-9-4-10-18-33/h2-26,28H,27H2,1H3,(H,45,50)(H,46,47)/t28-/m1/s1. The molecule has 0 fully saturated rings. The van der Waals surface area contributed by atoms with Crippen molar-refractivity contribution in [3.63, 3.8) is 0 Å². The normalized spacial score (nSPS) is 12.3. The van der Waals surface area contributed by atoms with E-state index in [0.29, 0.717) is 23.1 Å². The Morgan fingerprint density at radius 3 is 2.02 bits per heavy atom. The van der Waals surface area contributed by atoms with E-state index in [1.807, 2.05) is 49.4 Å². The second kappa shape index (κ2) is 12.9. The third-order valence-corrected chi connectivity index (χ3v) is 9.41. The molecule has 0 unspecified atom stereocenters. The van der Waals surface area contributed by atoms with Crippen molar-refractivity contribution in [2.45, 2.75) is 24.9 Å². The molecule has 3 aromatic heterocycles. The van der Waals surface area contributed by atoms with E-state index >= 15 is 0 Å². The van der Waals surface area contributed by atoms with Crippen LogP contribution in [0, 0.1) is 5.82 Å². The van der Waals surface area contributed by atoms with Gasteiger partial charge < -0.3 is 10.3 Å². The molecule has 244 valence electrons. The molecule has 0 spiro atoms. The first-order chi connectivity index (χ1) is 24.5. The molecule has 0 saturated carbocycles. The molecule has 1 amide bonds. The van der Waals surface area contributed by atoms with Gasteiger partial charge in [0.25, 0.3) is 5.91 Å². The van der Waals surface area contributed by atoms with Crippen LogP contribution in [0.15, 0.2) is 152 Å². The average Bonchev–Trinajstić information content (AvgIpc) is 3.75. The number of amides is 1. The number of nitrogens with zero attached hydrogens (tertiary/aromatic N) is 4. The number of hydrogen-bond donors (Lipinski definition) is 2. The van der Waals surface area contributed by atoms with Gasteiger partial charge in [-0.1, -0.05) is 103 Å². The van der Waals surface area contributed by atoms with Crippen LogP contribution in [0.25, 0.3) is 33.2 Å². The van der Waals surface area contributed by atoms with Crippen molar-refractivity contribution in [1.29, 1.82) is 0 Å². The van der Waals surface area contributed by atoms with E-state index in [1.54, 1.807) is 24.5 Å². The number of hydrogen-bond acceptors (Lipinski definition) is 4. The summed E-state index contributed by atoms with van der Waals surface area (Å²) in [5, 5.41) is 9.15. The summed E-state index contributed by atoms with van der Waals surface area (Å²) in [6, 6.07) is 45.4. The first-order valence-corrected chi connectivity index (χ1v) is 16.5. The van der Waals surface area contributed by atoms with Gasteiger partial charge in [0.2, 0.25) is 0 Å². The van der Waals surface area contributed by atoms with E-state index in [1.165, 1.54) is 12.1 Å². The largest absolute Gasteiger partial charge is 0.343 e. The fourth-order valence-electron chi connectivity index (χ4n) is 6.92. The summed E-state index contributed by atoms with van der Waals surface area (Å²) < 4.78 is 15.9. The highest BCUT2D eigenvalue weighted by Crippen LogP contribution is 2.42. The van der Waals surface area contributed by atoms with Crippen molar-refractivity contribution in [3.8, 4) is 11.3 Å². The molecule has 8 aromatic rings. The Kier molecular flexibility index (Phi) is 7.97. The summed E-state index contributed by atoms with van der Waals surface area (Å²) in [7, 11) is 0. The lowest BCUT2D eigenvalue weighted by atomic mass is 9.69. The lowest BCUT2D eigenvalue weighted by molar-refractivity contribution is 0.0930. The van der Waals surface area contributed by atoms with E-state index < -0.39 is 11.5 Å². The van der Waals surface area contributed by atoms with Gasteiger partial charge in [-0.05, 0) is 65.6 Å². The second-order valence-electron chi connectivity index (χ2n) is 12.5. The van der Waals surface area contributed by atoms with Gasteiger partial charge in [-0.25, -0.2) is 9.37 Å². The zero-order valence-electron chi connectivity index (χ0n) is 27.3. The molecule has 0 aliphatic rings. The minimum absolute atomic E-state index is 0.174. The molecule has 8 heteroatoms. The quantitative estimate of drug-likeness (QED) is 0.152. The van der Waals surface area contributed by atoms with Crippen molar-refractivity contribution in [1.82, 2.24) is 30.0 Å². The predicted molar refractivity (Wildman–Crippen MR) is 194 cm³/mol. The minimum Gasteiger partial charge on any atom is -0.343 e. The molecule has 7 nitrogen and oxygen atoms in total. The van der Waals surface area contributed by atoms with Gasteiger partial charge in [0, 0.05) is 23.3 Å². The lowest BCUT2D eigenvalue weighted by Crippen LogP contribution is -2.35. The maximum Gasteiger partial charge on any atom is 0.287 e. The minimum atomic E-state index is -0.598. The number of halogens is 1. The number of nitrogens with one attached hydrogen (secondary N) is 2. The SMILES string of the molecule is C[C@@H](NC(=O)c1nc2cc3c(-c4ccncc4)nn(CC(c4ccccc4)(c4ccccc4)c4ccccc4)c3cc2[nH]1)c1cccc(F)c1. The first-order valence-electron chi connectivity index (χ1n) is 16.5. The molecule has 5 aromatic carbocycles. The topological polar surface area (TPSA) is 88.5 Å². The number of rotatable bonds is 9. The number of pyridine rings is 1.